The molecule has 1 aliphatic rings. The molecule has 8 heteroatoms. The first-order chi connectivity index (χ1) is 17.9. The van der Waals surface area contributed by atoms with Gasteiger partial charge in [0.25, 0.3) is 10.0 Å². The van der Waals surface area contributed by atoms with Crippen LogP contribution in [0.25, 0.3) is 0 Å². The molecule has 1 aliphatic carbocycles. The third kappa shape index (κ3) is 5.91. The van der Waals surface area contributed by atoms with Crippen molar-refractivity contribution in [3.05, 3.63) is 83.4 Å². The van der Waals surface area contributed by atoms with Crippen molar-refractivity contribution in [2.75, 3.05) is 25.1 Å². The molecule has 0 unspecified atom stereocenters. The minimum Gasteiger partial charge on any atom is -0.497 e. The molecule has 0 spiro atoms. The van der Waals surface area contributed by atoms with Crippen LogP contribution in [0.1, 0.15) is 48.9 Å². The van der Waals surface area contributed by atoms with Crippen LogP contribution in [-0.4, -0.2) is 35.1 Å². The van der Waals surface area contributed by atoms with E-state index in [0.29, 0.717) is 17.9 Å². The van der Waals surface area contributed by atoms with Crippen molar-refractivity contribution >= 4 is 21.6 Å². The Morgan fingerprint density at radius 2 is 1.65 bits per heavy atom. The topological polar surface area (TPSA) is 84.9 Å². The number of rotatable bonds is 10. The number of sulfonamides is 1. The lowest BCUT2D eigenvalue weighted by molar-refractivity contribution is -0.120. The van der Waals surface area contributed by atoms with Crippen LogP contribution < -0.4 is 19.1 Å². The second-order valence-corrected chi connectivity index (χ2v) is 11.0. The summed E-state index contributed by atoms with van der Waals surface area (Å²) in [5.74, 6) is 0.498. The number of amides is 1. The molecule has 0 heterocycles. The molecule has 0 fully saturated rings. The van der Waals surface area contributed by atoms with E-state index in [0.717, 1.165) is 22.7 Å². The fraction of sp³-hybridized carbons (Fsp3) is 0.345. The number of ether oxygens (including phenoxy) is 2. The number of hydrogen-bond donors (Lipinski definition) is 1. The zero-order valence-electron chi connectivity index (χ0n) is 21.6. The molecule has 7 nitrogen and oxygen atoms in total. The average Bonchev–Trinajstić information content (AvgIpc) is 2.94. The molecule has 196 valence electrons. The maximum Gasteiger partial charge on any atom is 0.264 e. The summed E-state index contributed by atoms with van der Waals surface area (Å²) in [5.41, 5.74) is 4.05. The quantitative estimate of drug-likeness (QED) is 0.403. The van der Waals surface area contributed by atoms with E-state index < -0.39 is 22.5 Å². The fourth-order valence-electron chi connectivity index (χ4n) is 4.77. The van der Waals surface area contributed by atoms with E-state index in [-0.39, 0.29) is 16.6 Å². The summed E-state index contributed by atoms with van der Waals surface area (Å²) in [6.07, 6.45) is 5.22. The highest BCUT2D eigenvalue weighted by atomic mass is 32.2. The molecule has 0 radical (unpaired) electrons. The van der Waals surface area contributed by atoms with Crippen LogP contribution in [0.2, 0.25) is 0 Å². The first-order valence-electron chi connectivity index (χ1n) is 12.6. The standard InChI is InChI=1S/C29H34N2O5S/c1-4-26(23-14-13-21-9-5-6-10-22(21)19-23)30-29(32)20-31(27-11-7-8-12-28(27)36-3)37(33,34)25-17-15-24(35-2)16-18-25/h7-8,11-19,26H,4-6,9-10,20H2,1-3H3,(H,30,32)/t26-/m0/s1. The van der Waals surface area contributed by atoms with Gasteiger partial charge in [0.05, 0.1) is 30.8 Å². The maximum absolute atomic E-state index is 13.8. The number of aryl methyl sites for hydroxylation is 2. The summed E-state index contributed by atoms with van der Waals surface area (Å²) in [5, 5.41) is 3.06. The van der Waals surface area contributed by atoms with Crippen molar-refractivity contribution in [1.29, 1.82) is 0 Å². The van der Waals surface area contributed by atoms with E-state index in [4.69, 9.17) is 9.47 Å². The van der Waals surface area contributed by atoms with E-state index in [2.05, 4.69) is 23.5 Å². The van der Waals surface area contributed by atoms with Gasteiger partial charge in [-0.2, -0.15) is 0 Å². The van der Waals surface area contributed by atoms with Gasteiger partial charge in [0.15, 0.2) is 0 Å². The van der Waals surface area contributed by atoms with Crippen molar-refractivity contribution < 1.29 is 22.7 Å². The Hall–Kier alpha value is -3.52. The molecule has 3 aromatic rings. The largest absolute Gasteiger partial charge is 0.497 e. The van der Waals surface area contributed by atoms with E-state index in [9.17, 15) is 13.2 Å². The Morgan fingerprint density at radius 1 is 0.946 bits per heavy atom. The van der Waals surface area contributed by atoms with E-state index in [1.54, 1.807) is 36.4 Å². The van der Waals surface area contributed by atoms with Crippen molar-refractivity contribution in [2.45, 2.75) is 50.0 Å². The van der Waals surface area contributed by atoms with E-state index in [1.165, 1.54) is 50.3 Å². The smallest absolute Gasteiger partial charge is 0.264 e. The number of anilines is 1. The summed E-state index contributed by atoms with van der Waals surface area (Å²) < 4.78 is 39.3. The van der Waals surface area contributed by atoms with Gasteiger partial charge in [-0.05, 0) is 85.2 Å². The zero-order chi connectivity index (χ0) is 26.4. The summed E-state index contributed by atoms with van der Waals surface area (Å²) in [6, 6.07) is 19.1. The average molecular weight is 523 g/mol. The highest BCUT2D eigenvalue weighted by molar-refractivity contribution is 7.92. The van der Waals surface area contributed by atoms with Gasteiger partial charge in [-0.3, -0.25) is 9.10 Å². The number of nitrogens with zero attached hydrogens (tertiary/aromatic N) is 1. The monoisotopic (exact) mass is 522 g/mol. The van der Waals surface area contributed by atoms with Crippen molar-refractivity contribution in [2.24, 2.45) is 0 Å². The summed E-state index contributed by atoms with van der Waals surface area (Å²) >= 11 is 0. The second kappa shape index (κ2) is 11.7. The van der Waals surface area contributed by atoms with Crippen molar-refractivity contribution in [1.82, 2.24) is 5.32 Å². The molecule has 0 bridgehead atoms. The van der Waals surface area contributed by atoms with Gasteiger partial charge >= 0.3 is 0 Å². The number of methoxy groups -OCH3 is 2. The molecule has 1 N–H and O–H groups in total. The van der Waals surface area contributed by atoms with Crippen LogP contribution in [0.15, 0.2) is 71.6 Å². The molecule has 1 atom stereocenters. The molecule has 3 aromatic carbocycles. The van der Waals surface area contributed by atoms with Gasteiger partial charge in [0.1, 0.15) is 18.0 Å². The number of hydrogen-bond acceptors (Lipinski definition) is 5. The molecule has 0 aromatic heterocycles. The predicted octanol–water partition coefficient (Wildman–Crippen LogP) is 5.05. The SMILES string of the molecule is CC[C@H](NC(=O)CN(c1ccccc1OC)S(=O)(=O)c1ccc(OC)cc1)c1ccc2c(c1)CCCC2. The molecular formula is C29H34N2O5S. The first-order valence-corrected chi connectivity index (χ1v) is 14.0. The third-order valence-electron chi connectivity index (χ3n) is 6.81. The fourth-order valence-corrected chi connectivity index (χ4v) is 6.20. The lowest BCUT2D eigenvalue weighted by Crippen LogP contribution is -2.42. The molecular weight excluding hydrogens is 488 g/mol. The van der Waals surface area contributed by atoms with Crippen LogP contribution in [0, 0.1) is 0 Å². The van der Waals surface area contributed by atoms with Crippen LogP contribution in [-0.2, 0) is 27.7 Å². The van der Waals surface area contributed by atoms with Gasteiger partial charge in [0, 0.05) is 0 Å². The highest BCUT2D eigenvalue weighted by Crippen LogP contribution is 2.33. The van der Waals surface area contributed by atoms with Crippen LogP contribution in [0.4, 0.5) is 5.69 Å². The Kier molecular flexibility index (Phi) is 8.38. The molecule has 4 rings (SSSR count). The number of carbonyl (C=O) groups is 1. The molecule has 0 aliphatic heterocycles. The second-order valence-electron chi connectivity index (χ2n) is 9.12. The third-order valence-corrected chi connectivity index (χ3v) is 8.58. The highest BCUT2D eigenvalue weighted by Gasteiger charge is 2.30. The minimum atomic E-state index is -4.09. The maximum atomic E-state index is 13.8. The zero-order valence-corrected chi connectivity index (χ0v) is 22.4. The van der Waals surface area contributed by atoms with Crippen LogP contribution >= 0.6 is 0 Å². The molecule has 0 saturated heterocycles. The molecule has 0 saturated carbocycles. The van der Waals surface area contributed by atoms with Crippen LogP contribution in [0.5, 0.6) is 11.5 Å². The van der Waals surface area contributed by atoms with Crippen molar-refractivity contribution in [3.8, 4) is 11.5 Å². The Morgan fingerprint density at radius 3 is 2.32 bits per heavy atom. The molecule has 1 amide bonds. The first kappa shape index (κ1) is 26.5. The van der Waals surface area contributed by atoms with Crippen molar-refractivity contribution in [3.63, 3.8) is 0 Å². The lowest BCUT2D eigenvalue weighted by atomic mass is 9.89. The minimum absolute atomic E-state index is 0.0498. The van der Waals surface area contributed by atoms with Gasteiger partial charge in [-0.1, -0.05) is 37.3 Å². The Labute approximate surface area is 219 Å². The number of carbonyl (C=O) groups excluding carboxylic acids is 1. The molecule has 37 heavy (non-hydrogen) atoms. The van der Waals surface area contributed by atoms with Crippen LogP contribution in [0.3, 0.4) is 0 Å². The Balaban J connectivity index is 1.63. The van der Waals surface area contributed by atoms with Gasteiger partial charge < -0.3 is 14.8 Å². The lowest BCUT2D eigenvalue weighted by Gasteiger charge is -2.27. The normalized spacial score (nSPS) is 13.8. The number of nitrogens with one attached hydrogen (secondary N) is 1. The van der Waals surface area contributed by atoms with E-state index >= 15 is 0 Å². The number of fused-ring (bicyclic) bond motifs is 1. The Bertz CT molecular complexity index is 1340. The summed E-state index contributed by atoms with van der Waals surface area (Å²) in [4.78, 5) is 13.4. The van der Waals surface area contributed by atoms with Gasteiger partial charge in [-0.15, -0.1) is 0 Å². The summed E-state index contributed by atoms with van der Waals surface area (Å²) in [7, 11) is -1.10. The predicted molar refractivity (Wildman–Crippen MR) is 145 cm³/mol. The number of benzene rings is 3. The van der Waals surface area contributed by atoms with E-state index in [1.807, 2.05) is 6.92 Å². The summed E-state index contributed by atoms with van der Waals surface area (Å²) in [6.45, 7) is 1.62. The van der Waals surface area contributed by atoms with Gasteiger partial charge in [0.2, 0.25) is 5.91 Å². The number of para-hydroxylation sites is 2. The van der Waals surface area contributed by atoms with Gasteiger partial charge in [-0.25, -0.2) is 8.42 Å².